The Morgan fingerprint density at radius 3 is 2.67 bits per heavy atom. The Morgan fingerprint density at radius 2 is 2.00 bits per heavy atom. The number of carbonyl (C=O) groups is 1. The number of hydrogen-bond acceptors (Lipinski definition) is 4. The molecule has 1 aliphatic rings. The van der Waals surface area contributed by atoms with Crippen LogP contribution in [0.3, 0.4) is 0 Å². The van der Waals surface area contributed by atoms with Crippen LogP contribution in [0, 0.1) is 11.8 Å². The average Bonchev–Trinajstić information content (AvgIpc) is 3.11. The number of benzene rings is 1. The average molecular weight is 391 g/mol. The third-order valence-corrected chi connectivity index (χ3v) is 5.50. The van der Waals surface area contributed by atoms with Crippen molar-refractivity contribution >= 4 is 17.5 Å². The fourth-order valence-corrected chi connectivity index (χ4v) is 3.80. The molecule has 1 fully saturated rings. The summed E-state index contributed by atoms with van der Waals surface area (Å²) in [5.74, 6) is 0.650. The lowest BCUT2D eigenvalue weighted by Crippen LogP contribution is -2.41. The smallest absolute Gasteiger partial charge is 0.276 e. The van der Waals surface area contributed by atoms with Crippen LogP contribution >= 0.6 is 11.6 Å². The van der Waals surface area contributed by atoms with E-state index < -0.39 is 0 Å². The van der Waals surface area contributed by atoms with Crippen molar-refractivity contribution in [2.75, 3.05) is 13.1 Å². The van der Waals surface area contributed by atoms with E-state index in [2.05, 4.69) is 24.2 Å². The summed E-state index contributed by atoms with van der Waals surface area (Å²) >= 11 is 6.18. The molecule has 0 saturated carbocycles. The number of carbonyl (C=O) groups excluding carboxylic acids is 1. The van der Waals surface area contributed by atoms with Gasteiger partial charge in [-0.25, -0.2) is 4.68 Å². The Balaban J connectivity index is 1.56. The van der Waals surface area contributed by atoms with Gasteiger partial charge in [-0.3, -0.25) is 4.79 Å². The molecule has 1 aliphatic heterocycles. The zero-order chi connectivity index (χ0) is 19.4. The van der Waals surface area contributed by atoms with E-state index in [0.29, 0.717) is 36.3 Å². The van der Waals surface area contributed by atoms with Gasteiger partial charge < -0.3 is 10.0 Å². The van der Waals surface area contributed by atoms with E-state index in [1.54, 1.807) is 10.9 Å². The summed E-state index contributed by atoms with van der Waals surface area (Å²) in [6.07, 6.45) is 3.86. The van der Waals surface area contributed by atoms with Gasteiger partial charge in [-0.2, -0.15) is 0 Å². The van der Waals surface area contributed by atoms with Gasteiger partial charge in [0.2, 0.25) is 0 Å². The van der Waals surface area contributed by atoms with Crippen LogP contribution in [0.4, 0.5) is 0 Å². The number of aliphatic hydroxyl groups excluding tert-OH is 1. The van der Waals surface area contributed by atoms with Gasteiger partial charge in [0.15, 0.2) is 5.69 Å². The SMILES string of the molecule is CC(C)C[C@H](O)C1CCN(C(=O)c2cn(Cc3ccccc3Cl)nn2)CC1. The van der Waals surface area contributed by atoms with Crippen molar-refractivity contribution in [3.63, 3.8) is 0 Å². The molecule has 2 heterocycles. The number of aromatic nitrogens is 3. The number of nitrogens with zero attached hydrogens (tertiary/aromatic N) is 4. The van der Waals surface area contributed by atoms with E-state index in [0.717, 1.165) is 24.8 Å². The van der Waals surface area contributed by atoms with E-state index in [4.69, 9.17) is 11.6 Å². The van der Waals surface area contributed by atoms with Crippen LogP contribution in [0.2, 0.25) is 5.02 Å². The molecule has 0 unspecified atom stereocenters. The van der Waals surface area contributed by atoms with E-state index in [-0.39, 0.29) is 17.9 Å². The summed E-state index contributed by atoms with van der Waals surface area (Å²) in [6, 6.07) is 7.56. The lowest BCUT2D eigenvalue weighted by Gasteiger charge is -2.34. The van der Waals surface area contributed by atoms with Gasteiger partial charge in [0, 0.05) is 18.1 Å². The summed E-state index contributed by atoms with van der Waals surface area (Å²) in [7, 11) is 0. The molecule has 27 heavy (non-hydrogen) atoms. The lowest BCUT2D eigenvalue weighted by atomic mass is 9.87. The third kappa shape index (κ3) is 5.08. The van der Waals surface area contributed by atoms with Crippen molar-refractivity contribution in [3.8, 4) is 0 Å². The molecule has 1 aromatic carbocycles. The number of amides is 1. The quantitative estimate of drug-likeness (QED) is 0.821. The molecule has 1 atom stereocenters. The number of aliphatic hydroxyl groups is 1. The zero-order valence-electron chi connectivity index (χ0n) is 15.9. The Hall–Kier alpha value is -1.92. The monoisotopic (exact) mass is 390 g/mol. The van der Waals surface area contributed by atoms with Crippen molar-refractivity contribution in [3.05, 3.63) is 46.7 Å². The van der Waals surface area contributed by atoms with Crippen LogP contribution in [0.5, 0.6) is 0 Å². The first-order chi connectivity index (χ1) is 12.9. The number of piperidine rings is 1. The summed E-state index contributed by atoms with van der Waals surface area (Å²) < 4.78 is 1.63. The topological polar surface area (TPSA) is 71.2 Å². The Kier molecular flexibility index (Phi) is 6.50. The Labute approximate surface area is 165 Å². The lowest BCUT2D eigenvalue weighted by molar-refractivity contribution is 0.0382. The highest BCUT2D eigenvalue weighted by Crippen LogP contribution is 2.25. The second-order valence-electron chi connectivity index (χ2n) is 7.72. The molecule has 1 N–H and O–H groups in total. The second kappa shape index (κ2) is 8.85. The molecule has 1 amide bonds. The molecule has 6 nitrogen and oxygen atoms in total. The van der Waals surface area contributed by atoms with Gasteiger partial charge in [-0.1, -0.05) is 48.9 Å². The standard InChI is InChI=1S/C20H27ClN4O2/c1-14(2)11-19(26)15-7-9-24(10-8-15)20(27)18-13-25(23-22-18)12-16-5-3-4-6-17(16)21/h3-6,13-15,19,26H,7-12H2,1-2H3/t19-/m0/s1. The van der Waals surface area contributed by atoms with Gasteiger partial charge in [0.05, 0.1) is 18.8 Å². The fraction of sp³-hybridized carbons (Fsp3) is 0.550. The van der Waals surface area contributed by atoms with Crippen LogP contribution in [-0.4, -0.2) is 50.1 Å². The minimum atomic E-state index is -0.279. The van der Waals surface area contributed by atoms with Gasteiger partial charge >= 0.3 is 0 Å². The molecular weight excluding hydrogens is 364 g/mol. The highest BCUT2D eigenvalue weighted by molar-refractivity contribution is 6.31. The van der Waals surface area contributed by atoms with E-state index >= 15 is 0 Å². The van der Waals surface area contributed by atoms with Crippen LogP contribution < -0.4 is 0 Å². The molecule has 0 aliphatic carbocycles. The first-order valence-electron chi connectivity index (χ1n) is 9.55. The maximum Gasteiger partial charge on any atom is 0.276 e. The highest BCUT2D eigenvalue weighted by atomic mass is 35.5. The maximum atomic E-state index is 12.7. The van der Waals surface area contributed by atoms with Crippen molar-refractivity contribution in [2.45, 2.75) is 45.8 Å². The molecular formula is C20H27ClN4O2. The van der Waals surface area contributed by atoms with Crippen molar-refractivity contribution in [1.29, 1.82) is 0 Å². The molecule has 7 heteroatoms. The minimum absolute atomic E-state index is 0.0998. The molecule has 1 saturated heterocycles. The van der Waals surface area contributed by atoms with Gasteiger partial charge in [0.1, 0.15) is 0 Å². The molecule has 0 radical (unpaired) electrons. The zero-order valence-corrected chi connectivity index (χ0v) is 16.6. The summed E-state index contributed by atoms with van der Waals surface area (Å²) in [4.78, 5) is 14.5. The molecule has 0 bridgehead atoms. The van der Waals surface area contributed by atoms with Crippen LogP contribution in [0.15, 0.2) is 30.5 Å². The minimum Gasteiger partial charge on any atom is -0.393 e. The van der Waals surface area contributed by atoms with Crippen molar-refractivity contribution < 1.29 is 9.90 Å². The predicted octanol–water partition coefficient (Wildman–Crippen LogP) is 3.24. The van der Waals surface area contributed by atoms with Crippen molar-refractivity contribution in [2.24, 2.45) is 11.8 Å². The Morgan fingerprint density at radius 1 is 1.30 bits per heavy atom. The van der Waals surface area contributed by atoms with Crippen LogP contribution in [0.1, 0.15) is 49.2 Å². The van der Waals surface area contributed by atoms with Gasteiger partial charge in [-0.15, -0.1) is 5.10 Å². The molecule has 3 rings (SSSR count). The second-order valence-corrected chi connectivity index (χ2v) is 8.13. The summed E-state index contributed by atoms with van der Waals surface area (Å²) in [5, 5.41) is 19.1. The van der Waals surface area contributed by atoms with Gasteiger partial charge in [-0.05, 0) is 42.7 Å². The van der Waals surface area contributed by atoms with E-state index in [9.17, 15) is 9.90 Å². The summed E-state index contributed by atoms with van der Waals surface area (Å²) in [5.41, 5.74) is 1.28. The van der Waals surface area contributed by atoms with Crippen LogP contribution in [0.25, 0.3) is 0 Å². The highest BCUT2D eigenvalue weighted by Gasteiger charge is 2.29. The molecule has 1 aromatic heterocycles. The number of likely N-dealkylation sites (tertiary alicyclic amines) is 1. The summed E-state index contributed by atoms with van der Waals surface area (Å²) in [6.45, 7) is 6.01. The number of rotatable bonds is 6. The van der Waals surface area contributed by atoms with Crippen LogP contribution in [-0.2, 0) is 6.54 Å². The van der Waals surface area contributed by atoms with Gasteiger partial charge in [0.25, 0.3) is 5.91 Å². The third-order valence-electron chi connectivity index (χ3n) is 5.13. The van der Waals surface area contributed by atoms with Crippen molar-refractivity contribution in [1.82, 2.24) is 19.9 Å². The molecule has 146 valence electrons. The molecule has 0 spiro atoms. The number of hydrogen-bond donors (Lipinski definition) is 1. The Bertz CT molecular complexity index is 769. The predicted molar refractivity (Wildman–Crippen MR) is 105 cm³/mol. The first kappa shape index (κ1) is 19.8. The maximum absolute atomic E-state index is 12.7. The number of halogens is 1. The largest absolute Gasteiger partial charge is 0.393 e. The van der Waals surface area contributed by atoms with E-state index in [1.165, 1.54) is 0 Å². The fourth-order valence-electron chi connectivity index (χ4n) is 3.60. The first-order valence-corrected chi connectivity index (χ1v) is 9.92. The molecule has 2 aromatic rings. The normalized spacial score (nSPS) is 16.7. The van der Waals surface area contributed by atoms with E-state index in [1.807, 2.05) is 29.2 Å².